The van der Waals surface area contributed by atoms with Gasteiger partial charge in [-0.25, -0.2) is 0 Å². The third-order valence-corrected chi connectivity index (χ3v) is 4.55. The van der Waals surface area contributed by atoms with Gasteiger partial charge in [-0.2, -0.15) is 0 Å². The Balaban J connectivity index is 1.77. The molecule has 24 heavy (non-hydrogen) atoms. The molecule has 4 heteroatoms. The number of anilines is 1. The van der Waals surface area contributed by atoms with E-state index in [0.717, 1.165) is 17.7 Å². The van der Waals surface area contributed by atoms with E-state index in [9.17, 15) is 9.90 Å². The van der Waals surface area contributed by atoms with Gasteiger partial charge in [-0.1, -0.05) is 37.3 Å². The zero-order valence-electron chi connectivity index (χ0n) is 14.1. The zero-order chi connectivity index (χ0) is 17.1. The summed E-state index contributed by atoms with van der Waals surface area (Å²) in [5, 5.41) is 9.21. The number of fused-ring (bicyclic) bond motifs is 1. The molecule has 4 nitrogen and oxygen atoms in total. The number of ether oxygens (including phenoxy) is 1. The second-order valence-corrected chi connectivity index (χ2v) is 6.30. The maximum Gasteiger partial charge on any atom is 0.267 e. The predicted molar refractivity (Wildman–Crippen MR) is 94.3 cm³/mol. The topological polar surface area (TPSA) is 49.8 Å². The summed E-state index contributed by atoms with van der Waals surface area (Å²) < 4.78 is 5.81. The van der Waals surface area contributed by atoms with Gasteiger partial charge < -0.3 is 14.7 Å². The Hall–Kier alpha value is -2.33. The van der Waals surface area contributed by atoms with Gasteiger partial charge in [0.1, 0.15) is 5.75 Å². The number of hydrogen-bond donors (Lipinski definition) is 1. The fourth-order valence-corrected chi connectivity index (χ4v) is 3.17. The number of rotatable bonds is 4. The maximum atomic E-state index is 12.9. The summed E-state index contributed by atoms with van der Waals surface area (Å²) in [5.41, 5.74) is 2.97. The van der Waals surface area contributed by atoms with Crippen molar-refractivity contribution < 1.29 is 14.6 Å². The lowest BCUT2D eigenvalue weighted by Crippen LogP contribution is -2.43. The summed E-state index contributed by atoms with van der Waals surface area (Å²) in [6.07, 6.45) is 0.371. The van der Waals surface area contributed by atoms with E-state index < -0.39 is 6.10 Å². The fourth-order valence-electron chi connectivity index (χ4n) is 3.17. The van der Waals surface area contributed by atoms with Crippen LogP contribution < -0.4 is 9.64 Å². The molecule has 2 unspecified atom stereocenters. The van der Waals surface area contributed by atoms with Gasteiger partial charge in [0.2, 0.25) is 0 Å². The molecule has 2 atom stereocenters. The number of benzene rings is 2. The summed E-state index contributed by atoms with van der Waals surface area (Å²) in [6, 6.07) is 15.3. The van der Waals surface area contributed by atoms with E-state index in [2.05, 4.69) is 13.0 Å². The monoisotopic (exact) mass is 325 g/mol. The Morgan fingerprint density at radius 3 is 2.88 bits per heavy atom. The van der Waals surface area contributed by atoms with Crippen LogP contribution in [0.5, 0.6) is 5.75 Å². The standard InChI is InChI=1S/C20H23NO3/c1-14-10-11-21(19-9-4-3-8-18(14)19)20(23)15(2)24-17-7-5-6-16(12-17)13-22/h3-9,12,14-15,22H,10-11,13H2,1-2H3. The Morgan fingerprint density at radius 1 is 1.29 bits per heavy atom. The first-order chi connectivity index (χ1) is 11.6. The Kier molecular flexibility index (Phi) is 4.86. The van der Waals surface area contributed by atoms with Crippen LogP contribution in [-0.2, 0) is 11.4 Å². The second kappa shape index (κ2) is 7.05. The van der Waals surface area contributed by atoms with Crippen molar-refractivity contribution in [1.29, 1.82) is 0 Å². The molecule has 0 fully saturated rings. The van der Waals surface area contributed by atoms with Crippen LogP contribution in [0.2, 0.25) is 0 Å². The number of carbonyl (C=O) groups is 1. The molecule has 1 aliphatic heterocycles. The van der Waals surface area contributed by atoms with E-state index in [4.69, 9.17) is 4.74 Å². The molecule has 1 heterocycles. The third-order valence-electron chi connectivity index (χ3n) is 4.55. The van der Waals surface area contributed by atoms with Crippen LogP contribution >= 0.6 is 0 Å². The highest BCUT2D eigenvalue weighted by Gasteiger charge is 2.29. The van der Waals surface area contributed by atoms with E-state index in [0.29, 0.717) is 18.2 Å². The van der Waals surface area contributed by atoms with Crippen LogP contribution in [0.4, 0.5) is 5.69 Å². The van der Waals surface area contributed by atoms with Crippen molar-refractivity contribution in [2.45, 2.75) is 38.9 Å². The van der Waals surface area contributed by atoms with Crippen LogP contribution in [-0.4, -0.2) is 23.7 Å². The van der Waals surface area contributed by atoms with Crippen LogP contribution in [0.25, 0.3) is 0 Å². The quantitative estimate of drug-likeness (QED) is 0.936. The molecule has 0 spiro atoms. The molecule has 126 valence electrons. The molecule has 2 aromatic carbocycles. The average molecular weight is 325 g/mol. The highest BCUT2D eigenvalue weighted by atomic mass is 16.5. The normalized spacial score (nSPS) is 18.0. The predicted octanol–water partition coefficient (Wildman–Crippen LogP) is 3.49. The Labute approximate surface area is 142 Å². The SMILES string of the molecule is CC(Oc1cccc(CO)c1)C(=O)N1CCC(C)c2ccccc21. The number of para-hydroxylation sites is 1. The molecule has 3 rings (SSSR count). The molecule has 2 aromatic rings. The molecule has 0 saturated heterocycles. The number of amides is 1. The Morgan fingerprint density at radius 2 is 2.08 bits per heavy atom. The van der Waals surface area contributed by atoms with Gasteiger partial charge in [-0.15, -0.1) is 0 Å². The summed E-state index contributed by atoms with van der Waals surface area (Å²) in [6.45, 7) is 4.63. The maximum absolute atomic E-state index is 12.9. The number of carbonyl (C=O) groups excluding carboxylic acids is 1. The molecule has 0 bridgehead atoms. The van der Waals surface area contributed by atoms with Gasteiger partial charge in [0, 0.05) is 12.2 Å². The van der Waals surface area contributed by atoms with Crippen molar-refractivity contribution in [1.82, 2.24) is 0 Å². The van der Waals surface area contributed by atoms with Crippen molar-refractivity contribution in [2.75, 3.05) is 11.4 Å². The molecule has 1 amide bonds. The van der Waals surface area contributed by atoms with Gasteiger partial charge in [-0.3, -0.25) is 4.79 Å². The van der Waals surface area contributed by atoms with Crippen LogP contribution in [0.1, 0.15) is 37.3 Å². The Bertz CT molecular complexity index is 728. The van der Waals surface area contributed by atoms with E-state index in [1.165, 1.54) is 5.56 Å². The molecule has 1 N–H and O–H groups in total. The molecular weight excluding hydrogens is 302 g/mol. The van der Waals surface area contributed by atoms with Crippen molar-refractivity contribution in [3.8, 4) is 5.75 Å². The fraction of sp³-hybridized carbons (Fsp3) is 0.350. The van der Waals surface area contributed by atoms with E-state index >= 15 is 0 Å². The number of aliphatic hydroxyl groups excluding tert-OH is 1. The largest absolute Gasteiger partial charge is 0.481 e. The minimum atomic E-state index is -0.583. The van der Waals surface area contributed by atoms with Gasteiger partial charge >= 0.3 is 0 Å². The van der Waals surface area contributed by atoms with Crippen LogP contribution in [0, 0.1) is 0 Å². The van der Waals surface area contributed by atoms with Crippen LogP contribution in [0.15, 0.2) is 48.5 Å². The molecule has 1 aliphatic rings. The van der Waals surface area contributed by atoms with E-state index in [-0.39, 0.29) is 12.5 Å². The highest BCUT2D eigenvalue weighted by Crippen LogP contribution is 2.35. The second-order valence-electron chi connectivity index (χ2n) is 6.30. The van der Waals surface area contributed by atoms with Crippen molar-refractivity contribution in [2.24, 2.45) is 0 Å². The number of aliphatic hydroxyl groups is 1. The first-order valence-corrected chi connectivity index (χ1v) is 8.37. The molecular formula is C20H23NO3. The minimum absolute atomic E-state index is 0.0382. The summed E-state index contributed by atoms with van der Waals surface area (Å²) in [4.78, 5) is 14.7. The lowest BCUT2D eigenvalue weighted by atomic mass is 9.91. The van der Waals surface area contributed by atoms with Gasteiger partial charge in [-0.05, 0) is 48.6 Å². The van der Waals surface area contributed by atoms with Crippen molar-refractivity contribution in [3.63, 3.8) is 0 Å². The summed E-state index contributed by atoms with van der Waals surface area (Å²) in [5.74, 6) is 1.02. The summed E-state index contributed by atoms with van der Waals surface area (Å²) in [7, 11) is 0. The van der Waals surface area contributed by atoms with Gasteiger partial charge in [0.15, 0.2) is 6.10 Å². The van der Waals surface area contributed by atoms with Crippen molar-refractivity contribution in [3.05, 3.63) is 59.7 Å². The first kappa shape index (κ1) is 16.5. The zero-order valence-corrected chi connectivity index (χ0v) is 14.1. The van der Waals surface area contributed by atoms with Crippen LogP contribution in [0.3, 0.4) is 0 Å². The molecule has 0 aliphatic carbocycles. The molecule has 0 aromatic heterocycles. The number of nitrogens with zero attached hydrogens (tertiary/aromatic N) is 1. The minimum Gasteiger partial charge on any atom is -0.481 e. The molecule has 0 saturated carbocycles. The van der Waals surface area contributed by atoms with Gasteiger partial charge in [0.25, 0.3) is 5.91 Å². The number of hydrogen-bond acceptors (Lipinski definition) is 3. The first-order valence-electron chi connectivity index (χ1n) is 8.37. The van der Waals surface area contributed by atoms with E-state index in [1.807, 2.05) is 35.2 Å². The third kappa shape index (κ3) is 3.29. The lowest BCUT2D eigenvalue weighted by Gasteiger charge is -2.34. The van der Waals surface area contributed by atoms with Crippen molar-refractivity contribution >= 4 is 11.6 Å². The molecule has 0 radical (unpaired) electrons. The smallest absolute Gasteiger partial charge is 0.267 e. The van der Waals surface area contributed by atoms with E-state index in [1.54, 1.807) is 19.1 Å². The average Bonchev–Trinajstić information content (AvgIpc) is 2.62. The summed E-state index contributed by atoms with van der Waals surface area (Å²) >= 11 is 0. The lowest BCUT2D eigenvalue weighted by molar-refractivity contribution is -0.124. The van der Waals surface area contributed by atoms with Gasteiger partial charge in [0.05, 0.1) is 6.61 Å². The highest BCUT2D eigenvalue weighted by molar-refractivity contribution is 5.97.